The van der Waals surface area contributed by atoms with Gasteiger partial charge in [0.25, 0.3) is 0 Å². The topological polar surface area (TPSA) is 50.3 Å². The number of nitrogens with zero attached hydrogens (tertiary/aromatic N) is 2. The second kappa shape index (κ2) is 5.00. The van der Waals surface area contributed by atoms with Gasteiger partial charge in [0.05, 0.1) is 6.20 Å². The molecule has 7 heteroatoms. The maximum Gasteiger partial charge on any atom is 0.244 e. The summed E-state index contributed by atoms with van der Waals surface area (Å²) in [6.45, 7) is 0.318. The first-order valence-electron chi connectivity index (χ1n) is 4.11. The molecule has 0 radical (unpaired) electrons. The molecule has 0 bridgehead atoms. The van der Waals surface area contributed by atoms with Gasteiger partial charge in [0.1, 0.15) is 10.7 Å². The molecule has 84 valence electrons. The Kier molecular flexibility index (Phi) is 4.18. The van der Waals surface area contributed by atoms with Crippen LogP contribution in [0.1, 0.15) is 0 Å². The van der Waals surface area contributed by atoms with Crippen molar-refractivity contribution in [2.75, 3.05) is 18.9 Å². The van der Waals surface area contributed by atoms with Gasteiger partial charge in [0, 0.05) is 25.1 Å². The van der Waals surface area contributed by atoms with Gasteiger partial charge in [-0.2, -0.15) is 0 Å². The normalized spacial score (nSPS) is 12.0. The molecule has 0 aliphatic carbocycles. The molecule has 1 rings (SSSR count). The van der Waals surface area contributed by atoms with Crippen molar-refractivity contribution in [3.63, 3.8) is 0 Å². The van der Waals surface area contributed by atoms with Crippen LogP contribution in [0.4, 0.5) is 4.39 Å². The van der Waals surface area contributed by atoms with Crippen LogP contribution in [0, 0.1) is 5.82 Å². The van der Waals surface area contributed by atoms with Gasteiger partial charge < -0.3 is 0 Å². The Morgan fingerprint density at radius 3 is 2.73 bits per heavy atom. The second-order valence-corrected chi connectivity index (χ2v) is 5.69. The van der Waals surface area contributed by atoms with Gasteiger partial charge in [-0.3, -0.25) is 4.98 Å². The number of pyridine rings is 1. The zero-order valence-electron chi connectivity index (χ0n) is 8.02. The molecule has 4 nitrogen and oxygen atoms in total. The van der Waals surface area contributed by atoms with E-state index >= 15 is 0 Å². The molecule has 0 aliphatic rings. The third-order valence-corrected chi connectivity index (χ3v) is 3.96. The Labute approximate surface area is 96.3 Å². The third kappa shape index (κ3) is 2.96. The van der Waals surface area contributed by atoms with E-state index in [9.17, 15) is 12.8 Å². The van der Waals surface area contributed by atoms with Crippen molar-refractivity contribution >= 4 is 26.0 Å². The molecule has 0 saturated carbocycles. The van der Waals surface area contributed by atoms with Crippen LogP contribution in [0.25, 0.3) is 0 Å². The SMILES string of the molecule is CN(CCBr)S(=O)(=O)c1cncc(F)c1. The van der Waals surface area contributed by atoms with Crippen LogP contribution >= 0.6 is 15.9 Å². The highest BCUT2D eigenvalue weighted by Crippen LogP contribution is 2.13. The summed E-state index contributed by atoms with van der Waals surface area (Å²) in [5, 5.41) is 0.519. The summed E-state index contributed by atoms with van der Waals surface area (Å²) in [5.74, 6) is -0.664. The van der Waals surface area contributed by atoms with E-state index in [2.05, 4.69) is 20.9 Å². The van der Waals surface area contributed by atoms with Crippen molar-refractivity contribution in [3.05, 3.63) is 24.3 Å². The predicted molar refractivity (Wildman–Crippen MR) is 57.8 cm³/mol. The highest BCUT2D eigenvalue weighted by molar-refractivity contribution is 9.09. The molecule has 0 saturated heterocycles. The molecule has 0 spiro atoms. The fourth-order valence-corrected chi connectivity index (χ4v) is 2.87. The molecule has 0 N–H and O–H groups in total. The number of aromatic nitrogens is 1. The van der Waals surface area contributed by atoms with Crippen LogP contribution in [-0.2, 0) is 10.0 Å². The third-order valence-electron chi connectivity index (χ3n) is 1.79. The lowest BCUT2D eigenvalue weighted by Gasteiger charge is -2.15. The summed E-state index contributed by atoms with van der Waals surface area (Å²) in [6.07, 6.45) is 2.09. The van der Waals surface area contributed by atoms with E-state index in [4.69, 9.17) is 0 Å². The van der Waals surface area contributed by atoms with Gasteiger partial charge in [0.2, 0.25) is 10.0 Å². The van der Waals surface area contributed by atoms with E-state index in [1.165, 1.54) is 7.05 Å². The van der Waals surface area contributed by atoms with Gasteiger partial charge in [-0.05, 0) is 6.07 Å². The van der Waals surface area contributed by atoms with Crippen LogP contribution in [0.3, 0.4) is 0 Å². The second-order valence-electron chi connectivity index (χ2n) is 2.85. The minimum absolute atomic E-state index is 0.133. The van der Waals surface area contributed by atoms with Crippen LogP contribution in [0.2, 0.25) is 0 Å². The zero-order valence-corrected chi connectivity index (χ0v) is 10.4. The number of sulfonamides is 1. The highest BCUT2D eigenvalue weighted by atomic mass is 79.9. The quantitative estimate of drug-likeness (QED) is 0.786. The summed E-state index contributed by atoms with van der Waals surface area (Å²) >= 11 is 3.13. The van der Waals surface area contributed by atoms with E-state index < -0.39 is 15.8 Å². The molecule has 0 amide bonds. The average Bonchev–Trinajstić information content (AvgIpc) is 2.18. The smallest absolute Gasteiger partial charge is 0.244 e. The van der Waals surface area contributed by atoms with Crippen molar-refractivity contribution in [2.24, 2.45) is 0 Å². The largest absolute Gasteiger partial charge is 0.260 e. The summed E-state index contributed by atoms with van der Waals surface area (Å²) in [4.78, 5) is 3.37. The molecule has 0 aliphatic heterocycles. The van der Waals surface area contributed by atoms with E-state index in [1.807, 2.05) is 0 Å². The van der Waals surface area contributed by atoms with Crippen molar-refractivity contribution in [3.8, 4) is 0 Å². The van der Waals surface area contributed by atoms with Gasteiger partial charge in [0.15, 0.2) is 0 Å². The standard InChI is InChI=1S/C8H10BrFN2O2S/c1-12(3-2-9)15(13,14)8-4-7(10)5-11-6-8/h4-6H,2-3H2,1H3. The molecule has 1 aromatic heterocycles. The monoisotopic (exact) mass is 296 g/mol. The van der Waals surface area contributed by atoms with Gasteiger partial charge in [-0.15, -0.1) is 0 Å². The average molecular weight is 297 g/mol. The van der Waals surface area contributed by atoms with Crippen molar-refractivity contribution < 1.29 is 12.8 Å². The molecule has 1 aromatic rings. The van der Waals surface area contributed by atoms with E-state index in [0.717, 1.165) is 22.8 Å². The Hall–Kier alpha value is -0.530. The van der Waals surface area contributed by atoms with Crippen molar-refractivity contribution in [1.82, 2.24) is 9.29 Å². The minimum Gasteiger partial charge on any atom is -0.260 e. The Balaban J connectivity index is 3.06. The Morgan fingerprint density at radius 1 is 1.53 bits per heavy atom. The number of rotatable bonds is 4. The molecule has 0 atom stereocenters. The van der Waals surface area contributed by atoms with E-state index in [-0.39, 0.29) is 4.90 Å². The molecular weight excluding hydrogens is 287 g/mol. The van der Waals surface area contributed by atoms with Crippen molar-refractivity contribution in [2.45, 2.75) is 4.90 Å². The summed E-state index contributed by atoms with van der Waals surface area (Å²) < 4.78 is 37.5. The first-order chi connectivity index (χ1) is 6.98. The van der Waals surface area contributed by atoms with Crippen LogP contribution in [0.15, 0.2) is 23.4 Å². The fraction of sp³-hybridized carbons (Fsp3) is 0.375. The number of alkyl halides is 1. The van der Waals surface area contributed by atoms with E-state index in [0.29, 0.717) is 11.9 Å². The maximum atomic E-state index is 12.8. The molecule has 1 heterocycles. The molecule has 0 aromatic carbocycles. The lowest BCUT2D eigenvalue weighted by molar-refractivity contribution is 0.487. The predicted octanol–water partition coefficient (Wildman–Crippen LogP) is 1.24. The zero-order chi connectivity index (χ0) is 11.5. The van der Waals surface area contributed by atoms with Gasteiger partial charge >= 0.3 is 0 Å². The Bertz CT molecular complexity index is 438. The lowest BCUT2D eigenvalue weighted by atomic mass is 10.5. The van der Waals surface area contributed by atoms with Crippen LogP contribution in [0.5, 0.6) is 0 Å². The first kappa shape index (κ1) is 12.5. The molecular formula is C8H10BrFN2O2S. The Morgan fingerprint density at radius 2 is 2.20 bits per heavy atom. The minimum atomic E-state index is -3.62. The highest BCUT2D eigenvalue weighted by Gasteiger charge is 2.20. The van der Waals surface area contributed by atoms with E-state index in [1.54, 1.807) is 0 Å². The molecule has 0 unspecified atom stereocenters. The summed E-state index contributed by atoms with van der Waals surface area (Å²) in [7, 11) is -2.19. The number of halogens is 2. The van der Waals surface area contributed by atoms with Gasteiger partial charge in [-0.25, -0.2) is 17.1 Å². The summed E-state index contributed by atoms with van der Waals surface area (Å²) in [6, 6.07) is 0.951. The first-order valence-corrected chi connectivity index (χ1v) is 6.67. The van der Waals surface area contributed by atoms with Crippen LogP contribution in [-0.4, -0.2) is 36.6 Å². The molecule has 15 heavy (non-hydrogen) atoms. The number of hydrogen-bond donors (Lipinski definition) is 0. The van der Waals surface area contributed by atoms with Gasteiger partial charge in [-0.1, -0.05) is 15.9 Å². The lowest BCUT2D eigenvalue weighted by Crippen LogP contribution is -2.28. The maximum absolute atomic E-state index is 12.8. The summed E-state index contributed by atoms with van der Waals surface area (Å²) in [5.41, 5.74) is 0. The van der Waals surface area contributed by atoms with Crippen LogP contribution < -0.4 is 0 Å². The molecule has 0 fully saturated rings. The number of hydrogen-bond acceptors (Lipinski definition) is 3. The van der Waals surface area contributed by atoms with Crippen molar-refractivity contribution in [1.29, 1.82) is 0 Å². The fourth-order valence-electron chi connectivity index (χ4n) is 0.953.